The van der Waals surface area contributed by atoms with E-state index in [1.807, 2.05) is 14.2 Å². The summed E-state index contributed by atoms with van der Waals surface area (Å²) in [4.78, 5) is 0. The van der Waals surface area contributed by atoms with Crippen molar-refractivity contribution < 1.29 is 8.85 Å². The van der Waals surface area contributed by atoms with Crippen molar-refractivity contribution in [3.8, 4) is 0 Å². The van der Waals surface area contributed by atoms with Crippen LogP contribution in [0.4, 0.5) is 0 Å². The van der Waals surface area contributed by atoms with Gasteiger partial charge < -0.3 is 8.85 Å². The maximum atomic E-state index is 6.69. The average Bonchev–Trinajstić information content (AvgIpc) is 3.27. The molecule has 2 saturated carbocycles. The Balaban J connectivity index is 2.54. The largest absolute Gasteiger partial charge is 0.397 e. The zero-order valence-electron chi connectivity index (χ0n) is 19.6. The van der Waals surface area contributed by atoms with E-state index in [9.17, 15) is 0 Å². The molecule has 2 nitrogen and oxygen atoms in total. The predicted molar refractivity (Wildman–Crippen MR) is 119 cm³/mol. The van der Waals surface area contributed by atoms with Crippen LogP contribution in [-0.4, -0.2) is 22.8 Å². The van der Waals surface area contributed by atoms with Crippen LogP contribution >= 0.6 is 0 Å². The second-order valence-electron chi connectivity index (χ2n) is 9.47. The highest BCUT2D eigenvalue weighted by Crippen LogP contribution is 2.63. The smallest absolute Gasteiger partial charge is 0.345 e. The van der Waals surface area contributed by atoms with Gasteiger partial charge in [-0.2, -0.15) is 0 Å². The molecular formula is C24H48O2Si. The number of rotatable bonds is 10. The second-order valence-corrected chi connectivity index (χ2v) is 13.1. The van der Waals surface area contributed by atoms with Crippen molar-refractivity contribution in [3.05, 3.63) is 0 Å². The van der Waals surface area contributed by atoms with Crippen LogP contribution in [0.5, 0.6) is 0 Å². The molecule has 8 unspecified atom stereocenters. The first-order valence-corrected chi connectivity index (χ1v) is 14.1. The Morgan fingerprint density at radius 1 is 0.556 bits per heavy atom. The van der Waals surface area contributed by atoms with Crippen molar-refractivity contribution in [2.45, 2.75) is 104 Å². The van der Waals surface area contributed by atoms with Gasteiger partial charge in [0.15, 0.2) is 0 Å². The summed E-state index contributed by atoms with van der Waals surface area (Å²) in [5, 5.41) is 0. The molecule has 2 aliphatic rings. The third kappa shape index (κ3) is 3.94. The third-order valence-electron chi connectivity index (χ3n) is 8.97. The van der Waals surface area contributed by atoms with Crippen LogP contribution in [0.15, 0.2) is 0 Å². The summed E-state index contributed by atoms with van der Waals surface area (Å²) in [6, 6.07) is 0. The van der Waals surface area contributed by atoms with Gasteiger partial charge in [-0.15, -0.1) is 0 Å². The SMILES string of the molecule is CCC1CC(CC)C([Si](OC)(OC)C2C(CC)CC(CC)C2CC)C1CC. The van der Waals surface area contributed by atoms with Crippen molar-refractivity contribution in [2.75, 3.05) is 14.2 Å². The van der Waals surface area contributed by atoms with E-state index in [0.717, 1.165) is 35.5 Å². The summed E-state index contributed by atoms with van der Waals surface area (Å²) in [6.07, 6.45) is 10.6. The Morgan fingerprint density at radius 2 is 0.889 bits per heavy atom. The highest BCUT2D eigenvalue weighted by atomic mass is 28.4. The zero-order valence-corrected chi connectivity index (χ0v) is 20.6. The molecule has 0 aliphatic heterocycles. The van der Waals surface area contributed by atoms with Gasteiger partial charge in [-0.05, 0) is 48.3 Å². The Morgan fingerprint density at radius 3 is 1.11 bits per heavy atom. The molecule has 160 valence electrons. The van der Waals surface area contributed by atoms with Gasteiger partial charge in [0.2, 0.25) is 0 Å². The van der Waals surface area contributed by atoms with Crippen LogP contribution in [0.25, 0.3) is 0 Å². The molecule has 0 spiro atoms. The highest BCUT2D eigenvalue weighted by Gasteiger charge is 2.64. The van der Waals surface area contributed by atoms with Crippen LogP contribution in [0.1, 0.15) is 92.9 Å². The number of hydrogen-bond donors (Lipinski definition) is 0. The maximum Gasteiger partial charge on any atom is 0.345 e. The quantitative estimate of drug-likeness (QED) is 0.357. The second kappa shape index (κ2) is 10.3. The van der Waals surface area contributed by atoms with Gasteiger partial charge in [0, 0.05) is 25.3 Å². The van der Waals surface area contributed by atoms with Gasteiger partial charge in [-0.1, -0.05) is 80.1 Å². The van der Waals surface area contributed by atoms with Gasteiger partial charge in [0.1, 0.15) is 0 Å². The van der Waals surface area contributed by atoms with Crippen molar-refractivity contribution in [3.63, 3.8) is 0 Å². The van der Waals surface area contributed by atoms with Gasteiger partial charge in [-0.25, -0.2) is 0 Å². The van der Waals surface area contributed by atoms with Crippen LogP contribution in [0.3, 0.4) is 0 Å². The fourth-order valence-corrected chi connectivity index (χ4v) is 13.7. The molecule has 2 rings (SSSR count). The van der Waals surface area contributed by atoms with Gasteiger partial charge in [0.05, 0.1) is 0 Å². The average molecular weight is 397 g/mol. The van der Waals surface area contributed by atoms with Crippen molar-refractivity contribution in [1.29, 1.82) is 0 Å². The standard InChI is InChI=1S/C24H48O2Si/c1-9-17-15-19(11-3)23(21(17)13-5)27(25-7,26-8)24-20(12-4)16-18(10-2)22(24)14-6/h17-24H,9-16H2,1-8H3. The van der Waals surface area contributed by atoms with Gasteiger partial charge in [0.25, 0.3) is 0 Å². The fourth-order valence-electron chi connectivity index (χ4n) is 7.76. The first kappa shape index (κ1) is 23.4. The molecule has 0 aromatic carbocycles. The van der Waals surface area contributed by atoms with Crippen LogP contribution in [-0.2, 0) is 8.85 Å². The molecule has 8 atom stereocenters. The van der Waals surface area contributed by atoms with Gasteiger partial charge in [-0.3, -0.25) is 0 Å². The third-order valence-corrected chi connectivity index (χ3v) is 13.9. The van der Waals surface area contributed by atoms with Crippen LogP contribution in [0, 0.1) is 35.5 Å². The van der Waals surface area contributed by atoms with Crippen LogP contribution < -0.4 is 0 Å². The summed E-state index contributed by atoms with van der Waals surface area (Å²) in [5.74, 6) is 4.91. The minimum Gasteiger partial charge on any atom is -0.397 e. The van der Waals surface area contributed by atoms with E-state index in [0.29, 0.717) is 11.1 Å². The van der Waals surface area contributed by atoms with E-state index in [1.165, 1.54) is 51.4 Å². The number of hydrogen-bond acceptors (Lipinski definition) is 2. The van der Waals surface area contributed by atoms with E-state index < -0.39 is 8.56 Å². The van der Waals surface area contributed by atoms with E-state index in [4.69, 9.17) is 8.85 Å². The van der Waals surface area contributed by atoms with E-state index in [1.54, 1.807) is 0 Å². The molecule has 0 aromatic rings. The summed E-state index contributed by atoms with van der Waals surface area (Å²) in [6.45, 7) is 14.5. The lowest BCUT2D eigenvalue weighted by atomic mass is 9.91. The molecule has 2 aliphatic carbocycles. The van der Waals surface area contributed by atoms with Crippen molar-refractivity contribution >= 4 is 8.56 Å². The molecule has 0 N–H and O–H groups in total. The lowest BCUT2D eigenvalue weighted by Gasteiger charge is -2.47. The predicted octanol–water partition coefficient (Wildman–Crippen LogP) is 7.43. The van der Waals surface area contributed by atoms with E-state index in [2.05, 4.69) is 41.5 Å². The molecule has 0 aromatic heterocycles. The topological polar surface area (TPSA) is 18.5 Å². The molecule has 3 heteroatoms. The van der Waals surface area contributed by atoms with Crippen molar-refractivity contribution in [1.82, 2.24) is 0 Å². The highest BCUT2D eigenvalue weighted by molar-refractivity contribution is 6.71. The molecule has 0 saturated heterocycles. The molecule has 0 amide bonds. The fraction of sp³-hybridized carbons (Fsp3) is 1.00. The first-order chi connectivity index (χ1) is 13.0. The van der Waals surface area contributed by atoms with Crippen LogP contribution in [0.2, 0.25) is 11.1 Å². The summed E-state index contributed by atoms with van der Waals surface area (Å²) in [7, 11) is 1.68. The lowest BCUT2D eigenvalue weighted by molar-refractivity contribution is 0.167. The normalized spacial score (nSPS) is 40.0. The Hall–Kier alpha value is 0.137. The molecule has 2 fully saturated rings. The van der Waals surface area contributed by atoms with Crippen molar-refractivity contribution in [2.24, 2.45) is 35.5 Å². The zero-order chi connectivity index (χ0) is 20.2. The van der Waals surface area contributed by atoms with E-state index >= 15 is 0 Å². The summed E-state index contributed by atoms with van der Waals surface area (Å²) < 4.78 is 13.4. The van der Waals surface area contributed by atoms with E-state index in [-0.39, 0.29) is 0 Å². The minimum atomic E-state index is -2.33. The lowest BCUT2D eigenvalue weighted by Crippen LogP contribution is -2.55. The van der Waals surface area contributed by atoms with Gasteiger partial charge >= 0.3 is 8.56 Å². The minimum absolute atomic E-state index is 0.677. The summed E-state index contributed by atoms with van der Waals surface area (Å²) >= 11 is 0. The molecular weight excluding hydrogens is 348 g/mol. The Bertz CT molecular complexity index is 400. The molecule has 0 bridgehead atoms. The monoisotopic (exact) mass is 396 g/mol. The molecule has 0 heterocycles. The first-order valence-electron chi connectivity index (χ1n) is 12.1. The Labute approximate surface area is 171 Å². The Kier molecular flexibility index (Phi) is 8.89. The molecule has 27 heavy (non-hydrogen) atoms. The maximum absolute atomic E-state index is 6.69. The molecule has 0 radical (unpaired) electrons. The summed E-state index contributed by atoms with van der Waals surface area (Å²) in [5.41, 5.74) is 1.35.